The first-order valence-electron chi connectivity index (χ1n) is 21.8. The van der Waals surface area contributed by atoms with E-state index in [0.29, 0.717) is 0 Å². The summed E-state index contributed by atoms with van der Waals surface area (Å²) >= 11 is 0. The van der Waals surface area contributed by atoms with Crippen LogP contribution in [-0.4, -0.2) is 17.2 Å². The van der Waals surface area contributed by atoms with Crippen molar-refractivity contribution in [3.8, 4) is 33.6 Å². The highest BCUT2D eigenvalue weighted by Gasteiger charge is 2.41. The summed E-state index contributed by atoms with van der Waals surface area (Å²) in [6, 6.07) is 94.3. The van der Waals surface area contributed by atoms with Crippen molar-refractivity contribution < 1.29 is 0 Å². The van der Waals surface area contributed by atoms with Crippen molar-refractivity contribution in [3.05, 3.63) is 255 Å². The number of nitrogens with zero attached hydrogens (tertiary/aromatic N) is 2. The van der Waals surface area contributed by atoms with Crippen LogP contribution in [0.3, 0.4) is 0 Å². The number of hydrogen-bond donors (Lipinski definition) is 0. The molecular formula is C60H42N2Si. The largest absolute Gasteiger partial charge is 0.307 e. The third-order valence-corrected chi connectivity index (χ3v) is 17.8. The van der Waals surface area contributed by atoms with Crippen LogP contribution in [0.25, 0.3) is 77.2 Å². The van der Waals surface area contributed by atoms with Crippen LogP contribution >= 0.6 is 0 Å². The molecule has 296 valence electrons. The van der Waals surface area contributed by atoms with Crippen molar-refractivity contribution in [1.29, 1.82) is 0 Å². The van der Waals surface area contributed by atoms with Crippen molar-refractivity contribution >= 4 is 72.4 Å². The van der Waals surface area contributed by atoms with Crippen molar-refractivity contribution in [2.45, 2.75) is 0 Å². The monoisotopic (exact) mass is 818 g/mol. The molecule has 0 bridgehead atoms. The van der Waals surface area contributed by atoms with Crippen molar-refractivity contribution in [1.82, 2.24) is 9.13 Å². The molecule has 2 heterocycles. The van der Waals surface area contributed by atoms with Gasteiger partial charge in [0.15, 0.2) is 8.07 Å². The van der Waals surface area contributed by atoms with Crippen molar-refractivity contribution in [2.24, 2.45) is 0 Å². The summed E-state index contributed by atoms with van der Waals surface area (Å²) in [4.78, 5) is 0. The maximum Gasteiger partial charge on any atom is 0.179 e. The number of rotatable bonds is 8. The van der Waals surface area contributed by atoms with Crippen LogP contribution in [0.4, 0.5) is 0 Å². The number of fused-ring (bicyclic) bond motifs is 6. The minimum atomic E-state index is -2.78. The first-order chi connectivity index (χ1) is 31.3. The van der Waals surface area contributed by atoms with Gasteiger partial charge in [-0.05, 0) is 67.8 Å². The quantitative estimate of drug-likeness (QED) is 0.107. The molecule has 0 saturated heterocycles. The summed E-state index contributed by atoms with van der Waals surface area (Å²) in [5.41, 5.74) is 11.8. The summed E-state index contributed by atoms with van der Waals surface area (Å²) < 4.78 is 5.05. The van der Waals surface area contributed by atoms with E-state index >= 15 is 0 Å². The summed E-state index contributed by atoms with van der Waals surface area (Å²) in [6.07, 6.45) is 0. The minimum Gasteiger partial charge on any atom is -0.307 e. The van der Waals surface area contributed by atoms with Crippen LogP contribution in [0.5, 0.6) is 0 Å². The molecule has 0 N–H and O–H groups in total. The van der Waals surface area contributed by atoms with Crippen LogP contribution in [0.15, 0.2) is 255 Å². The zero-order valence-electron chi connectivity index (χ0n) is 34.6. The molecule has 0 aliphatic rings. The topological polar surface area (TPSA) is 9.86 Å². The second-order valence-electron chi connectivity index (χ2n) is 16.4. The van der Waals surface area contributed by atoms with Gasteiger partial charge in [-0.2, -0.15) is 0 Å². The van der Waals surface area contributed by atoms with Gasteiger partial charge in [-0.15, -0.1) is 0 Å². The van der Waals surface area contributed by atoms with Crippen LogP contribution in [-0.2, 0) is 0 Å². The summed E-state index contributed by atoms with van der Waals surface area (Å²) in [7, 11) is -2.78. The Hall–Kier alpha value is -7.98. The van der Waals surface area contributed by atoms with Gasteiger partial charge in [0.1, 0.15) is 0 Å². The smallest absolute Gasteiger partial charge is 0.179 e. The summed E-state index contributed by atoms with van der Waals surface area (Å²) in [5, 5.41) is 10.4. The van der Waals surface area contributed by atoms with Gasteiger partial charge in [0.05, 0.1) is 33.4 Å². The highest BCUT2D eigenvalue weighted by atomic mass is 28.3. The molecule has 0 aliphatic heterocycles. The normalized spacial score (nSPS) is 11.8. The maximum absolute atomic E-state index is 2.78. The second-order valence-corrected chi connectivity index (χ2v) is 20.2. The highest BCUT2D eigenvalue weighted by Crippen LogP contribution is 2.42. The summed E-state index contributed by atoms with van der Waals surface area (Å²) in [6.45, 7) is 0. The molecule has 0 saturated carbocycles. The molecule has 3 heteroatoms. The standard InChI is InChI=1S/C60H42N2Si/c1-6-21-43(22-7-1)45-37-39-52-53-33-20-36-58(60(53)62(59(52)41-45)55-34-18-16-31-50(55)44-23-8-2-9-24-44)61-56-35-19-17-32-51(56)54-42-49(38-40-57(54)61)63(46-25-10-3-11-26-46,47-27-12-4-13-28-47)48-29-14-5-15-30-48/h1-42H. The van der Waals surface area contributed by atoms with Crippen molar-refractivity contribution in [3.63, 3.8) is 0 Å². The lowest BCUT2D eigenvalue weighted by Gasteiger charge is -2.34. The predicted octanol–water partition coefficient (Wildman–Crippen LogP) is 12.6. The number of aromatic nitrogens is 2. The molecule has 0 aliphatic carbocycles. The van der Waals surface area contributed by atoms with Crippen LogP contribution < -0.4 is 20.7 Å². The first kappa shape index (κ1) is 36.8. The fourth-order valence-corrected chi connectivity index (χ4v) is 15.1. The molecule has 0 radical (unpaired) electrons. The van der Waals surface area contributed by atoms with E-state index in [4.69, 9.17) is 0 Å². The molecule has 0 fully saturated rings. The fourth-order valence-electron chi connectivity index (χ4n) is 10.3. The Morgan fingerprint density at radius 2 is 0.762 bits per heavy atom. The molecule has 10 aromatic carbocycles. The molecule has 0 unspecified atom stereocenters. The first-order valence-corrected chi connectivity index (χ1v) is 23.8. The Balaban J connectivity index is 1.18. The van der Waals surface area contributed by atoms with Gasteiger partial charge in [0.2, 0.25) is 0 Å². The number of para-hydroxylation sites is 3. The maximum atomic E-state index is 2.53. The molecule has 12 aromatic rings. The van der Waals surface area contributed by atoms with Gasteiger partial charge in [0, 0.05) is 27.1 Å². The van der Waals surface area contributed by atoms with Gasteiger partial charge < -0.3 is 9.13 Å². The van der Waals surface area contributed by atoms with E-state index in [1.165, 1.54) is 86.6 Å². The van der Waals surface area contributed by atoms with Crippen molar-refractivity contribution in [2.75, 3.05) is 0 Å². The lowest BCUT2D eigenvalue weighted by Crippen LogP contribution is -2.74. The number of benzene rings is 10. The second kappa shape index (κ2) is 15.2. The SMILES string of the molecule is c1ccc(-c2ccc3c4cccc(-n5c6ccccc6c6cc([Si](c7ccccc7)(c7ccccc7)c7ccccc7)ccc65)c4n(-c4ccccc4-c4ccccc4)c3c2)cc1. The van der Waals surface area contributed by atoms with Gasteiger partial charge in [-0.25, -0.2) is 0 Å². The highest BCUT2D eigenvalue weighted by molar-refractivity contribution is 7.20. The average molecular weight is 819 g/mol. The van der Waals surface area contributed by atoms with Crippen LogP contribution in [0, 0.1) is 0 Å². The Morgan fingerprint density at radius 3 is 1.43 bits per heavy atom. The zero-order chi connectivity index (χ0) is 41.7. The fraction of sp³-hybridized carbons (Fsp3) is 0. The van der Waals surface area contributed by atoms with E-state index in [-0.39, 0.29) is 0 Å². The van der Waals surface area contributed by atoms with Crippen LogP contribution in [0.1, 0.15) is 0 Å². The van der Waals surface area contributed by atoms with Gasteiger partial charge in [-0.1, -0.05) is 224 Å². The van der Waals surface area contributed by atoms with E-state index in [0.717, 1.165) is 11.4 Å². The molecule has 2 nitrogen and oxygen atoms in total. The summed E-state index contributed by atoms with van der Waals surface area (Å²) in [5.74, 6) is 0. The lowest BCUT2D eigenvalue weighted by atomic mass is 10.0. The molecule has 0 spiro atoms. The number of hydrogen-bond acceptors (Lipinski definition) is 0. The van der Waals surface area contributed by atoms with E-state index in [9.17, 15) is 0 Å². The predicted molar refractivity (Wildman–Crippen MR) is 270 cm³/mol. The Kier molecular flexibility index (Phi) is 8.87. The van der Waals surface area contributed by atoms with E-state index < -0.39 is 8.07 Å². The van der Waals surface area contributed by atoms with Gasteiger partial charge >= 0.3 is 0 Å². The molecule has 63 heavy (non-hydrogen) atoms. The molecule has 2 aromatic heterocycles. The minimum absolute atomic E-state index is 1.14. The van der Waals surface area contributed by atoms with E-state index in [1.54, 1.807) is 0 Å². The van der Waals surface area contributed by atoms with Gasteiger partial charge in [0.25, 0.3) is 0 Å². The zero-order valence-corrected chi connectivity index (χ0v) is 35.6. The van der Waals surface area contributed by atoms with E-state index in [1.807, 2.05) is 0 Å². The Labute approximate surface area is 368 Å². The third kappa shape index (κ3) is 5.85. The average Bonchev–Trinajstić information content (AvgIpc) is 3.88. The Morgan fingerprint density at radius 1 is 0.254 bits per heavy atom. The third-order valence-electron chi connectivity index (χ3n) is 13.1. The lowest BCUT2D eigenvalue weighted by molar-refractivity contribution is 1.13. The molecule has 0 atom stereocenters. The molecular weight excluding hydrogens is 777 g/mol. The van der Waals surface area contributed by atoms with Crippen LogP contribution in [0.2, 0.25) is 0 Å². The van der Waals surface area contributed by atoms with Gasteiger partial charge in [-0.3, -0.25) is 0 Å². The van der Waals surface area contributed by atoms with E-state index in [2.05, 4.69) is 264 Å². The molecule has 0 amide bonds. The molecule has 12 rings (SSSR count). The Bertz CT molecular complexity index is 3500.